The molecule has 2 amide bonds. The number of furan rings is 1. The zero-order chi connectivity index (χ0) is 20.2. The fourth-order valence-electron chi connectivity index (χ4n) is 4.22. The van der Waals surface area contributed by atoms with Crippen molar-refractivity contribution in [1.29, 1.82) is 0 Å². The summed E-state index contributed by atoms with van der Waals surface area (Å²) < 4.78 is 5.66. The van der Waals surface area contributed by atoms with E-state index in [1.165, 1.54) is 37.0 Å². The van der Waals surface area contributed by atoms with Crippen LogP contribution in [0, 0.1) is 5.92 Å². The molecule has 1 unspecified atom stereocenters. The first kappa shape index (κ1) is 19.4. The molecule has 4 rings (SSSR count). The molecule has 2 heterocycles. The number of nitrogens with zero attached hydrogens (tertiary/aromatic N) is 2. The SMILES string of the molecule is CN1C(=O)C(NC(=O)CCC2CCCCC2)N=C(c2ccccc2)c2occc21. The third kappa shape index (κ3) is 4.26. The minimum absolute atomic E-state index is 0.128. The highest BCUT2D eigenvalue weighted by molar-refractivity contribution is 6.18. The molecule has 0 bridgehead atoms. The number of benzene rings is 1. The minimum Gasteiger partial charge on any atom is -0.460 e. The first-order valence-corrected chi connectivity index (χ1v) is 10.4. The Kier molecular flexibility index (Phi) is 5.79. The lowest BCUT2D eigenvalue weighted by Crippen LogP contribution is -2.46. The second-order valence-corrected chi connectivity index (χ2v) is 7.89. The number of hydrogen-bond donors (Lipinski definition) is 1. The highest BCUT2D eigenvalue weighted by Gasteiger charge is 2.32. The van der Waals surface area contributed by atoms with Gasteiger partial charge in [-0.15, -0.1) is 0 Å². The Bertz CT molecular complexity index is 897. The number of amides is 2. The highest BCUT2D eigenvalue weighted by Crippen LogP contribution is 2.29. The Hall–Kier alpha value is -2.89. The van der Waals surface area contributed by atoms with Crippen LogP contribution in [-0.4, -0.2) is 30.7 Å². The van der Waals surface area contributed by atoms with Crippen LogP contribution in [0.2, 0.25) is 0 Å². The molecule has 1 fully saturated rings. The normalized spacial score (nSPS) is 20.0. The highest BCUT2D eigenvalue weighted by atomic mass is 16.3. The molecule has 1 aliphatic carbocycles. The van der Waals surface area contributed by atoms with Crippen LogP contribution in [-0.2, 0) is 9.59 Å². The average molecular weight is 393 g/mol. The van der Waals surface area contributed by atoms with Crippen molar-refractivity contribution in [3.63, 3.8) is 0 Å². The molecule has 2 aliphatic rings. The van der Waals surface area contributed by atoms with E-state index in [2.05, 4.69) is 10.3 Å². The van der Waals surface area contributed by atoms with Crippen LogP contribution in [0.1, 0.15) is 56.3 Å². The number of aliphatic imine (C=N–C) groups is 1. The van der Waals surface area contributed by atoms with E-state index in [4.69, 9.17) is 4.42 Å². The van der Waals surface area contributed by atoms with Crippen molar-refractivity contribution in [2.24, 2.45) is 10.9 Å². The summed E-state index contributed by atoms with van der Waals surface area (Å²) in [6.45, 7) is 0. The Balaban J connectivity index is 1.54. The number of carbonyl (C=O) groups is 2. The Morgan fingerprint density at radius 2 is 1.93 bits per heavy atom. The van der Waals surface area contributed by atoms with E-state index in [9.17, 15) is 9.59 Å². The van der Waals surface area contributed by atoms with E-state index < -0.39 is 6.17 Å². The van der Waals surface area contributed by atoms with Gasteiger partial charge in [0, 0.05) is 25.1 Å². The van der Waals surface area contributed by atoms with Crippen molar-refractivity contribution < 1.29 is 14.0 Å². The number of rotatable bonds is 5. The van der Waals surface area contributed by atoms with Gasteiger partial charge in [-0.2, -0.15) is 0 Å². The summed E-state index contributed by atoms with van der Waals surface area (Å²) in [6.07, 6.45) is 8.12. The van der Waals surface area contributed by atoms with Gasteiger partial charge in [0.15, 0.2) is 5.76 Å². The van der Waals surface area contributed by atoms with E-state index in [0.29, 0.717) is 29.5 Å². The molecule has 152 valence electrons. The fraction of sp³-hybridized carbons (Fsp3) is 0.435. The van der Waals surface area contributed by atoms with Gasteiger partial charge in [0.1, 0.15) is 5.71 Å². The quantitative estimate of drug-likeness (QED) is 0.837. The summed E-state index contributed by atoms with van der Waals surface area (Å²) in [6, 6.07) is 11.3. The first-order chi connectivity index (χ1) is 14.1. The summed E-state index contributed by atoms with van der Waals surface area (Å²) >= 11 is 0. The topological polar surface area (TPSA) is 74.9 Å². The zero-order valence-electron chi connectivity index (χ0n) is 16.8. The lowest BCUT2D eigenvalue weighted by molar-refractivity contribution is -0.127. The summed E-state index contributed by atoms with van der Waals surface area (Å²) in [5.74, 6) is 0.752. The number of nitrogens with one attached hydrogen (secondary N) is 1. The van der Waals surface area contributed by atoms with Gasteiger partial charge in [0.25, 0.3) is 5.91 Å². The minimum atomic E-state index is -0.961. The van der Waals surface area contributed by atoms with Gasteiger partial charge in [0.2, 0.25) is 12.1 Å². The van der Waals surface area contributed by atoms with E-state index in [1.54, 1.807) is 19.4 Å². The third-order valence-electron chi connectivity index (χ3n) is 5.89. The smallest absolute Gasteiger partial charge is 0.272 e. The molecule has 2 aromatic rings. The molecule has 0 saturated heterocycles. The fourth-order valence-corrected chi connectivity index (χ4v) is 4.22. The van der Waals surface area contributed by atoms with Crippen LogP contribution in [0.3, 0.4) is 0 Å². The zero-order valence-corrected chi connectivity index (χ0v) is 16.8. The lowest BCUT2D eigenvalue weighted by atomic mass is 9.86. The number of anilines is 1. The van der Waals surface area contributed by atoms with Crippen LogP contribution in [0.15, 0.2) is 52.1 Å². The third-order valence-corrected chi connectivity index (χ3v) is 5.89. The molecule has 1 aliphatic heterocycles. The molecule has 1 aromatic carbocycles. The van der Waals surface area contributed by atoms with Crippen molar-refractivity contribution in [2.45, 2.75) is 51.1 Å². The number of carbonyl (C=O) groups excluding carboxylic acids is 2. The van der Waals surface area contributed by atoms with Gasteiger partial charge in [-0.1, -0.05) is 62.4 Å². The van der Waals surface area contributed by atoms with Crippen LogP contribution in [0.25, 0.3) is 0 Å². The van der Waals surface area contributed by atoms with E-state index in [1.807, 2.05) is 30.3 Å². The summed E-state index contributed by atoms with van der Waals surface area (Å²) in [4.78, 5) is 31.7. The maximum absolute atomic E-state index is 13.0. The molecule has 1 atom stereocenters. The number of hydrogen-bond acceptors (Lipinski definition) is 4. The Labute approximate surface area is 171 Å². The van der Waals surface area contributed by atoms with Crippen LogP contribution in [0.4, 0.5) is 5.69 Å². The summed E-state index contributed by atoms with van der Waals surface area (Å²) in [7, 11) is 1.68. The number of likely N-dealkylation sites (N-methyl/N-ethyl adjacent to an activating group) is 1. The molecule has 1 saturated carbocycles. The largest absolute Gasteiger partial charge is 0.460 e. The predicted octanol–water partition coefficient (Wildman–Crippen LogP) is 3.90. The molecule has 1 N–H and O–H groups in total. The van der Waals surface area contributed by atoms with E-state index in [0.717, 1.165) is 12.0 Å². The van der Waals surface area contributed by atoms with Crippen molar-refractivity contribution in [3.05, 3.63) is 54.0 Å². The predicted molar refractivity (Wildman–Crippen MR) is 112 cm³/mol. The molecule has 6 nitrogen and oxygen atoms in total. The monoisotopic (exact) mass is 393 g/mol. The second-order valence-electron chi connectivity index (χ2n) is 7.89. The molecule has 0 radical (unpaired) electrons. The van der Waals surface area contributed by atoms with Crippen molar-refractivity contribution in [2.75, 3.05) is 11.9 Å². The van der Waals surface area contributed by atoms with Crippen LogP contribution in [0.5, 0.6) is 0 Å². The maximum atomic E-state index is 13.0. The van der Waals surface area contributed by atoms with Crippen molar-refractivity contribution >= 4 is 23.2 Å². The number of fused-ring (bicyclic) bond motifs is 1. The van der Waals surface area contributed by atoms with Gasteiger partial charge in [-0.05, 0) is 12.3 Å². The molecule has 0 spiro atoms. The second kappa shape index (κ2) is 8.64. The average Bonchev–Trinajstić information content (AvgIpc) is 3.22. The summed E-state index contributed by atoms with van der Waals surface area (Å²) in [5, 5.41) is 2.84. The van der Waals surface area contributed by atoms with Gasteiger partial charge < -0.3 is 14.6 Å². The Morgan fingerprint density at radius 3 is 2.69 bits per heavy atom. The van der Waals surface area contributed by atoms with Gasteiger partial charge >= 0.3 is 0 Å². The van der Waals surface area contributed by atoms with Crippen molar-refractivity contribution in [3.8, 4) is 0 Å². The molecule has 29 heavy (non-hydrogen) atoms. The van der Waals surface area contributed by atoms with Crippen molar-refractivity contribution in [1.82, 2.24) is 5.32 Å². The van der Waals surface area contributed by atoms with Crippen LogP contribution >= 0.6 is 0 Å². The maximum Gasteiger partial charge on any atom is 0.272 e. The summed E-state index contributed by atoms with van der Waals surface area (Å²) in [5.41, 5.74) is 2.06. The molecular formula is C23H27N3O3. The van der Waals surface area contributed by atoms with Gasteiger partial charge in [0.05, 0.1) is 12.0 Å². The van der Waals surface area contributed by atoms with E-state index >= 15 is 0 Å². The standard InChI is InChI=1S/C23H27N3O3/c1-26-18-14-15-29-21(18)20(17-10-6-3-7-11-17)25-22(23(26)28)24-19(27)13-12-16-8-4-2-5-9-16/h3,6-7,10-11,14-16,22H,2,4-5,8-9,12-13H2,1H3,(H,24,27). The van der Waals surface area contributed by atoms with E-state index in [-0.39, 0.29) is 11.8 Å². The first-order valence-electron chi connectivity index (χ1n) is 10.4. The lowest BCUT2D eigenvalue weighted by Gasteiger charge is -2.22. The van der Waals surface area contributed by atoms with Gasteiger partial charge in [-0.25, -0.2) is 4.99 Å². The molecule has 1 aromatic heterocycles. The van der Waals surface area contributed by atoms with Crippen LogP contribution < -0.4 is 10.2 Å². The van der Waals surface area contributed by atoms with Gasteiger partial charge in [-0.3, -0.25) is 9.59 Å². The Morgan fingerprint density at radius 1 is 1.17 bits per heavy atom. The molecule has 6 heteroatoms. The molecular weight excluding hydrogens is 366 g/mol.